The molecule has 0 saturated carbocycles. The minimum absolute atomic E-state index is 0.0947. The summed E-state index contributed by atoms with van der Waals surface area (Å²) in [5.74, 6) is -0.660. The molecule has 0 spiro atoms. The zero-order valence-corrected chi connectivity index (χ0v) is 6.79. The van der Waals surface area contributed by atoms with E-state index in [2.05, 4.69) is 0 Å². The maximum Gasteiger partial charge on any atom is 0.267 e. The summed E-state index contributed by atoms with van der Waals surface area (Å²) in [6, 6.07) is 0. The highest BCUT2D eigenvalue weighted by atomic mass is 32.2. The van der Waals surface area contributed by atoms with Gasteiger partial charge in [-0.3, -0.25) is 4.55 Å². The molecule has 0 aromatic rings. The lowest BCUT2D eigenvalue weighted by atomic mass is 10.2. The number of rotatable bonds is 5. The molecule has 5 nitrogen and oxygen atoms in total. The molecule has 0 saturated heterocycles. The third kappa shape index (κ3) is 7.73. The summed E-state index contributed by atoms with van der Waals surface area (Å²) in [6.45, 7) is -0.0947. The molecule has 0 heterocycles. The SMILES string of the molecule is O=S(=O)(O)CC(O)CCCO. The standard InChI is InChI=1S/C5H12O5S/c6-3-1-2-5(7)4-11(8,9)10/h5-7H,1-4H2,(H,8,9,10). The first-order valence-corrected chi connectivity index (χ1v) is 4.80. The van der Waals surface area contributed by atoms with Gasteiger partial charge in [-0.1, -0.05) is 0 Å². The van der Waals surface area contributed by atoms with Crippen molar-refractivity contribution in [3.8, 4) is 0 Å². The second kappa shape index (κ2) is 4.66. The van der Waals surface area contributed by atoms with E-state index in [0.717, 1.165) is 0 Å². The van der Waals surface area contributed by atoms with Crippen LogP contribution in [0.15, 0.2) is 0 Å². The summed E-state index contributed by atoms with van der Waals surface area (Å²) in [6.07, 6.45) is -0.579. The molecule has 6 heteroatoms. The summed E-state index contributed by atoms with van der Waals surface area (Å²) < 4.78 is 28.5. The Balaban J connectivity index is 3.61. The Morgan fingerprint density at radius 2 is 1.91 bits per heavy atom. The van der Waals surface area contributed by atoms with Crippen LogP contribution in [-0.2, 0) is 10.1 Å². The Bertz CT molecular complexity index is 185. The number of hydrogen-bond acceptors (Lipinski definition) is 4. The molecule has 0 aromatic heterocycles. The molecule has 1 atom stereocenters. The number of aliphatic hydroxyl groups is 2. The average Bonchev–Trinajstić information content (AvgIpc) is 1.79. The molecular weight excluding hydrogens is 172 g/mol. The number of hydrogen-bond donors (Lipinski definition) is 3. The van der Waals surface area contributed by atoms with Gasteiger partial charge in [0.2, 0.25) is 0 Å². The summed E-state index contributed by atoms with van der Waals surface area (Å²) >= 11 is 0. The first-order valence-electron chi connectivity index (χ1n) is 3.20. The second-order valence-corrected chi connectivity index (χ2v) is 3.77. The molecular formula is C5H12O5S. The zero-order chi connectivity index (χ0) is 8.91. The van der Waals surface area contributed by atoms with E-state index in [0.29, 0.717) is 6.42 Å². The summed E-state index contributed by atoms with van der Waals surface area (Å²) in [4.78, 5) is 0. The molecule has 3 N–H and O–H groups in total. The molecule has 0 aromatic carbocycles. The van der Waals surface area contributed by atoms with Crippen molar-refractivity contribution in [3.63, 3.8) is 0 Å². The average molecular weight is 184 g/mol. The lowest BCUT2D eigenvalue weighted by molar-refractivity contribution is 0.167. The predicted molar refractivity (Wildman–Crippen MR) is 38.7 cm³/mol. The quantitative estimate of drug-likeness (QED) is 0.477. The van der Waals surface area contributed by atoms with E-state index in [4.69, 9.17) is 14.8 Å². The van der Waals surface area contributed by atoms with Gasteiger partial charge in [0.25, 0.3) is 10.1 Å². The van der Waals surface area contributed by atoms with E-state index in [1.165, 1.54) is 0 Å². The van der Waals surface area contributed by atoms with Crippen LogP contribution in [0, 0.1) is 0 Å². The highest BCUT2D eigenvalue weighted by Crippen LogP contribution is 1.98. The highest BCUT2D eigenvalue weighted by Gasteiger charge is 2.12. The van der Waals surface area contributed by atoms with E-state index in [9.17, 15) is 8.42 Å². The van der Waals surface area contributed by atoms with Crippen molar-refractivity contribution in [1.82, 2.24) is 0 Å². The van der Waals surface area contributed by atoms with Gasteiger partial charge in [-0.05, 0) is 12.8 Å². The van der Waals surface area contributed by atoms with E-state index < -0.39 is 22.0 Å². The molecule has 1 unspecified atom stereocenters. The van der Waals surface area contributed by atoms with E-state index in [1.54, 1.807) is 0 Å². The summed E-state index contributed by atoms with van der Waals surface area (Å²) in [5, 5.41) is 17.2. The molecule has 0 amide bonds. The maximum absolute atomic E-state index is 10.1. The van der Waals surface area contributed by atoms with E-state index in [1.807, 2.05) is 0 Å². The first-order chi connectivity index (χ1) is 4.95. The van der Waals surface area contributed by atoms with Gasteiger partial charge >= 0.3 is 0 Å². The van der Waals surface area contributed by atoms with E-state index >= 15 is 0 Å². The molecule has 0 rings (SSSR count). The van der Waals surface area contributed by atoms with Crippen molar-refractivity contribution in [2.45, 2.75) is 18.9 Å². The van der Waals surface area contributed by atoms with Crippen LogP contribution in [0.4, 0.5) is 0 Å². The van der Waals surface area contributed by atoms with Gasteiger partial charge in [0.15, 0.2) is 0 Å². The molecule has 68 valence electrons. The fourth-order valence-corrected chi connectivity index (χ4v) is 1.31. The van der Waals surface area contributed by atoms with E-state index in [-0.39, 0.29) is 13.0 Å². The van der Waals surface area contributed by atoms with Crippen molar-refractivity contribution >= 4 is 10.1 Å². The largest absolute Gasteiger partial charge is 0.396 e. The molecule has 0 bridgehead atoms. The fraction of sp³-hybridized carbons (Fsp3) is 1.00. The van der Waals surface area contributed by atoms with Gasteiger partial charge < -0.3 is 10.2 Å². The Kier molecular flexibility index (Phi) is 4.58. The second-order valence-electron chi connectivity index (χ2n) is 2.27. The Morgan fingerprint density at radius 1 is 1.36 bits per heavy atom. The third-order valence-corrected chi connectivity index (χ3v) is 1.90. The summed E-state index contributed by atoms with van der Waals surface area (Å²) in [5.41, 5.74) is 0. The summed E-state index contributed by atoms with van der Waals surface area (Å²) in [7, 11) is -4.09. The van der Waals surface area contributed by atoms with Crippen LogP contribution in [0.5, 0.6) is 0 Å². The molecule has 11 heavy (non-hydrogen) atoms. The molecule has 0 fully saturated rings. The topological polar surface area (TPSA) is 94.8 Å². The van der Waals surface area contributed by atoms with Crippen LogP contribution in [0.3, 0.4) is 0 Å². The van der Waals surface area contributed by atoms with Crippen LogP contribution < -0.4 is 0 Å². The maximum atomic E-state index is 10.1. The Morgan fingerprint density at radius 3 is 2.27 bits per heavy atom. The highest BCUT2D eigenvalue weighted by molar-refractivity contribution is 7.85. The molecule has 0 aliphatic heterocycles. The molecule has 0 radical (unpaired) electrons. The van der Waals surface area contributed by atoms with Crippen LogP contribution >= 0.6 is 0 Å². The first kappa shape index (κ1) is 10.8. The fourth-order valence-electron chi connectivity index (χ4n) is 0.653. The predicted octanol–water partition coefficient (Wildman–Crippen LogP) is -0.992. The van der Waals surface area contributed by atoms with Crippen molar-refractivity contribution < 1.29 is 23.2 Å². The smallest absolute Gasteiger partial charge is 0.267 e. The van der Waals surface area contributed by atoms with Gasteiger partial charge in [-0.15, -0.1) is 0 Å². The molecule has 0 aliphatic rings. The monoisotopic (exact) mass is 184 g/mol. The van der Waals surface area contributed by atoms with Crippen LogP contribution in [0.1, 0.15) is 12.8 Å². The van der Waals surface area contributed by atoms with Crippen LogP contribution in [0.2, 0.25) is 0 Å². The van der Waals surface area contributed by atoms with Crippen molar-refractivity contribution in [1.29, 1.82) is 0 Å². The minimum Gasteiger partial charge on any atom is -0.396 e. The van der Waals surface area contributed by atoms with Crippen LogP contribution in [-0.4, -0.2) is 41.6 Å². The van der Waals surface area contributed by atoms with Gasteiger partial charge in [-0.2, -0.15) is 8.42 Å². The normalized spacial score (nSPS) is 14.8. The number of aliphatic hydroxyl groups excluding tert-OH is 2. The molecule has 0 aliphatic carbocycles. The lowest BCUT2D eigenvalue weighted by Gasteiger charge is -2.05. The van der Waals surface area contributed by atoms with Crippen molar-refractivity contribution in [2.24, 2.45) is 0 Å². The van der Waals surface area contributed by atoms with Crippen molar-refractivity contribution in [3.05, 3.63) is 0 Å². The van der Waals surface area contributed by atoms with Crippen LogP contribution in [0.25, 0.3) is 0 Å². The Labute approximate surface area is 65.4 Å². The minimum atomic E-state index is -4.09. The zero-order valence-electron chi connectivity index (χ0n) is 5.97. The van der Waals surface area contributed by atoms with Crippen molar-refractivity contribution in [2.75, 3.05) is 12.4 Å². The lowest BCUT2D eigenvalue weighted by Crippen LogP contribution is -2.20. The van der Waals surface area contributed by atoms with Gasteiger partial charge in [0.05, 0.1) is 6.10 Å². The van der Waals surface area contributed by atoms with Gasteiger partial charge in [-0.25, -0.2) is 0 Å². The van der Waals surface area contributed by atoms with Gasteiger partial charge in [0, 0.05) is 6.61 Å². The Hall–Kier alpha value is -0.170. The van der Waals surface area contributed by atoms with Gasteiger partial charge in [0.1, 0.15) is 5.75 Å². The third-order valence-electron chi connectivity index (χ3n) is 1.10.